The smallest absolute Gasteiger partial charge is 0.224 e. The number of nitrogen functional groups attached to an aromatic ring is 1. The van der Waals surface area contributed by atoms with E-state index < -0.39 is 0 Å². The van der Waals surface area contributed by atoms with Crippen LogP contribution in [0, 0.1) is 0 Å². The zero-order valence-corrected chi connectivity index (χ0v) is 8.64. The van der Waals surface area contributed by atoms with E-state index in [2.05, 4.69) is 10.1 Å². The van der Waals surface area contributed by atoms with Gasteiger partial charge in [0.05, 0.1) is 18.4 Å². The zero-order valence-electron chi connectivity index (χ0n) is 8.64. The van der Waals surface area contributed by atoms with Crippen molar-refractivity contribution in [3.63, 3.8) is 0 Å². The van der Waals surface area contributed by atoms with E-state index in [0.29, 0.717) is 11.7 Å². The summed E-state index contributed by atoms with van der Waals surface area (Å²) in [5.74, 6) is 0.931. The molecule has 0 spiro atoms. The second-order valence-electron chi connectivity index (χ2n) is 3.17. The molecule has 0 saturated carbocycles. The highest BCUT2D eigenvalue weighted by Crippen LogP contribution is 2.27. The number of nitrogens with two attached hydrogens (primary N) is 1. The van der Waals surface area contributed by atoms with Crippen molar-refractivity contribution in [3.8, 4) is 17.1 Å². The summed E-state index contributed by atoms with van der Waals surface area (Å²) in [5, 5.41) is 4.28. The van der Waals surface area contributed by atoms with Gasteiger partial charge < -0.3 is 10.5 Å². The molecule has 5 nitrogen and oxygen atoms in total. The molecule has 2 N–H and O–H groups in total. The summed E-state index contributed by atoms with van der Waals surface area (Å²) in [7, 11) is 3.43. The first kappa shape index (κ1) is 9.51. The minimum absolute atomic E-state index is 0.437. The highest BCUT2D eigenvalue weighted by Gasteiger charge is 2.09. The van der Waals surface area contributed by atoms with E-state index >= 15 is 0 Å². The van der Waals surface area contributed by atoms with E-state index in [4.69, 9.17) is 10.5 Å². The highest BCUT2D eigenvalue weighted by atomic mass is 16.5. The number of hydrogen-bond donors (Lipinski definition) is 1. The molecule has 0 aliphatic rings. The van der Waals surface area contributed by atoms with Crippen LogP contribution in [0.2, 0.25) is 0 Å². The van der Waals surface area contributed by atoms with Crippen LogP contribution in [-0.4, -0.2) is 21.9 Å². The molecule has 2 heterocycles. The van der Waals surface area contributed by atoms with Crippen molar-refractivity contribution in [2.75, 3.05) is 12.8 Å². The first-order valence-corrected chi connectivity index (χ1v) is 4.51. The van der Waals surface area contributed by atoms with Crippen LogP contribution in [0.3, 0.4) is 0 Å². The van der Waals surface area contributed by atoms with Gasteiger partial charge in [-0.05, 0) is 18.2 Å². The first-order chi connectivity index (χ1) is 7.20. The van der Waals surface area contributed by atoms with Gasteiger partial charge in [0.15, 0.2) is 0 Å². The molecule has 0 fully saturated rings. The van der Waals surface area contributed by atoms with Gasteiger partial charge in [-0.15, -0.1) is 0 Å². The van der Waals surface area contributed by atoms with Gasteiger partial charge in [-0.3, -0.25) is 4.68 Å². The fourth-order valence-electron chi connectivity index (χ4n) is 1.36. The fraction of sp³-hybridized carbons (Fsp3) is 0.200. The van der Waals surface area contributed by atoms with Crippen LogP contribution in [0.1, 0.15) is 0 Å². The topological polar surface area (TPSA) is 66.0 Å². The molecule has 0 amide bonds. The molecule has 0 saturated heterocycles. The van der Waals surface area contributed by atoms with Crippen molar-refractivity contribution >= 4 is 5.82 Å². The summed E-state index contributed by atoms with van der Waals surface area (Å²) in [5.41, 5.74) is 7.23. The molecule has 2 aromatic rings. The molecule has 0 aliphatic heterocycles. The average molecular weight is 204 g/mol. The molecule has 15 heavy (non-hydrogen) atoms. The minimum atomic E-state index is 0.437. The summed E-state index contributed by atoms with van der Waals surface area (Å²) in [6.07, 6.45) is 1.87. The van der Waals surface area contributed by atoms with Crippen molar-refractivity contribution in [1.29, 1.82) is 0 Å². The van der Waals surface area contributed by atoms with Gasteiger partial charge in [-0.1, -0.05) is 0 Å². The van der Waals surface area contributed by atoms with Crippen molar-refractivity contribution in [2.45, 2.75) is 0 Å². The van der Waals surface area contributed by atoms with E-state index in [1.54, 1.807) is 17.9 Å². The number of aryl methyl sites for hydroxylation is 1. The lowest BCUT2D eigenvalue weighted by Gasteiger charge is -2.05. The van der Waals surface area contributed by atoms with Crippen molar-refractivity contribution in [2.24, 2.45) is 7.05 Å². The lowest BCUT2D eigenvalue weighted by atomic mass is 10.2. The van der Waals surface area contributed by atoms with Crippen LogP contribution in [0.25, 0.3) is 11.3 Å². The Morgan fingerprint density at radius 3 is 2.73 bits per heavy atom. The van der Waals surface area contributed by atoms with Crippen LogP contribution in [-0.2, 0) is 7.05 Å². The monoisotopic (exact) mass is 204 g/mol. The minimum Gasteiger partial charge on any atom is -0.480 e. The third-order valence-electron chi connectivity index (χ3n) is 2.06. The average Bonchev–Trinajstić information content (AvgIpc) is 2.64. The number of nitrogens with zero attached hydrogens (tertiary/aromatic N) is 3. The van der Waals surface area contributed by atoms with Crippen molar-refractivity contribution in [1.82, 2.24) is 14.8 Å². The first-order valence-electron chi connectivity index (χ1n) is 4.51. The molecule has 0 bridgehead atoms. The Bertz CT molecular complexity index is 478. The molecule has 0 unspecified atom stereocenters. The number of aromatic nitrogens is 3. The van der Waals surface area contributed by atoms with Gasteiger partial charge in [0.25, 0.3) is 0 Å². The molecule has 5 heteroatoms. The lowest BCUT2D eigenvalue weighted by molar-refractivity contribution is 0.400. The van der Waals surface area contributed by atoms with Crippen LogP contribution < -0.4 is 10.5 Å². The Labute approximate surface area is 87.5 Å². The molecule has 0 radical (unpaired) electrons. The number of anilines is 1. The van der Waals surface area contributed by atoms with E-state index in [1.807, 2.05) is 25.4 Å². The fourth-order valence-corrected chi connectivity index (χ4v) is 1.36. The maximum absolute atomic E-state index is 5.57. The van der Waals surface area contributed by atoms with Crippen molar-refractivity contribution in [3.05, 3.63) is 24.4 Å². The van der Waals surface area contributed by atoms with Crippen LogP contribution in [0.4, 0.5) is 5.82 Å². The third-order valence-corrected chi connectivity index (χ3v) is 2.06. The largest absolute Gasteiger partial charge is 0.480 e. The Kier molecular flexibility index (Phi) is 2.29. The summed E-state index contributed by atoms with van der Waals surface area (Å²) in [6, 6.07) is 5.48. The molecular weight excluding hydrogens is 192 g/mol. The zero-order chi connectivity index (χ0) is 10.8. The van der Waals surface area contributed by atoms with E-state index in [9.17, 15) is 0 Å². The highest BCUT2D eigenvalue weighted by molar-refractivity contribution is 5.66. The molecule has 2 aromatic heterocycles. The molecule has 2 rings (SSSR count). The normalized spacial score (nSPS) is 10.3. The standard InChI is InChI=1S/C10H12N4O/c1-14-6-5-8(13-14)7-3-4-9(11)12-10(7)15-2/h3-6H,1-2H3,(H2,11,12). The number of ether oxygens (including phenoxy) is 1. The molecule has 0 aliphatic carbocycles. The summed E-state index contributed by atoms with van der Waals surface area (Å²) in [4.78, 5) is 4.08. The Morgan fingerprint density at radius 2 is 2.13 bits per heavy atom. The number of pyridine rings is 1. The maximum Gasteiger partial charge on any atom is 0.224 e. The maximum atomic E-state index is 5.57. The second-order valence-corrected chi connectivity index (χ2v) is 3.17. The Hall–Kier alpha value is -2.04. The number of rotatable bonds is 2. The van der Waals surface area contributed by atoms with Gasteiger partial charge >= 0.3 is 0 Å². The summed E-state index contributed by atoms with van der Waals surface area (Å²) >= 11 is 0. The van der Waals surface area contributed by atoms with E-state index in [-0.39, 0.29) is 0 Å². The summed E-state index contributed by atoms with van der Waals surface area (Å²) in [6.45, 7) is 0. The van der Waals surface area contributed by atoms with Crippen molar-refractivity contribution < 1.29 is 4.74 Å². The number of methoxy groups -OCH3 is 1. The molecule has 0 aromatic carbocycles. The summed E-state index contributed by atoms with van der Waals surface area (Å²) < 4.78 is 6.88. The van der Waals surface area contributed by atoms with E-state index in [0.717, 1.165) is 11.3 Å². The predicted molar refractivity (Wildman–Crippen MR) is 57.4 cm³/mol. The van der Waals surface area contributed by atoms with Crippen LogP contribution in [0.15, 0.2) is 24.4 Å². The van der Waals surface area contributed by atoms with Gasteiger partial charge in [-0.2, -0.15) is 10.1 Å². The Balaban J connectivity index is 2.52. The quantitative estimate of drug-likeness (QED) is 0.794. The van der Waals surface area contributed by atoms with Crippen LogP contribution >= 0.6 is 0 Å². The second kappa shape index (κ2) is 3.61. The molecule has 78 valence electrons. The lowest BCUT2D eigenvalue weighted by Crippen LogP contribution is -1.97. The van der Waals surface area contributed by atoms with E-state index in [1.165, 1.54) is 0 Å². The third kappa shape index (κ3) is 1.76. The van der Waals surface area contributed by atoms with Gasteiger partial charge in [-0.25, -0.2) is 0 Å². The SMILES string of the molecule is COc1nc(N)ccc1-c1ccn(C)n1. The molecule has 0 atom stereocenters. The van der Waals surface area contributed by atoms with Gasteiger partial charge in [0.2, 0.25) is 5.88 Å². The van der Waals surface area contributed by atoms with Gasteiger partial charge in [0, 0.05) is 13.2 Å². The Morgan fingerprint density at radius 1 is 1.33 bits per heavy atom. The predicted octanol–water partition coefficient (Wildman–Crippen LogP) is 1.07. The number of hydrogen-bond acceptors (Lipinski definition) is 4. The van der Waals surface area contributed by atoms with Gasteiger partial charge in [0.1, 0.15) is 5.82 Å². The van der Waals surface area contributed by atoms with Crippen LogP contribution in [0.5, 0.6) is 5.88 Å². The molecular formula is C10H12N4O.